The van der Waals surface area contributed by atoms with Gasteiger partial charge in [0.25, 0.3) is 0 Å². The molecule has 1 atom stereocenters. The van der Waals surface area contributed by atoms with Gasteiger partial charge in [-0.25, -0.2) is 9.78 Å². The standard InChI is InChI=1S/C24H26BrN5O3/c1-16-13-17(3-4-19(16)25)30-15-18(33-24(30)31)14-28-9-11-29(12-10-28)21-7-8-26-20-5-6-22(32-2)27-23(20)21/h3-8,13,18H,9-12,14-15H2,1-2H3. The Labute approximate surface area is 201 Å². The average molecular weight is 512 g/mol. The number of piperazine rings is 1. The summed E-state index contributed by atoms with van der Waals surface area (Å²) in [5, 5.41) is 0. The number of aromatic nitrogens is 2. The maximum absolute atomic E-state index is 12.5. The number of ether oxygens (including phenoxy) is 2. The van der Waals surface area contributed by atoms with E-state index in [9.17, 15) is 4.79 Å². The Kier molecular flexibility index (Phi) is 6.07. The molecule has 1 amide bonds. The van der Waals surface area contributed by atoms with E-state index in [1.165, 1.54) is 0 Å². The van der Waals surface area contributed by atoms with E-state index in [2.05, 4.69) is 35.7 Å². The Balaban J connectivity index is 1.21. The third-order valence-electron chi connectivity index (χ3n) is 6.25. The van der Waals surface area contributed by atoms with Crippen LogP contribution in [0.5, 0.6) is 5.88 Å². The number of benzene rings is 1. The van der Waals surface area contributed by atoms with E-state index in [0.29, 0.717) is 12.4 Å². The molecule has 9 heteroatoms. The van der Waals surface area contributed by atoms with Crippen molar-refractivity contribution in [1.82, 2.24) is 14.9 Å². The molecule has 1 unspecified atom stereocenters. The number of rotatable bonds is 5. The maximum atomic E-state index is 12.5. The van der Waals surface area contributed by atoms with Crippen LogP contribution in [0.1, 0.15) is 5.56 Å². The van der Waals surface area contributed by atoms with Crippen LogP contribution in [0.15, 0.2) is 47.1 Å². The van der Waals surface area contributed by atoms with Crippen LogP contribution in [0.3, 0.4) is 0 Å². The number of nitrogens with zero attached hydrogens (tertiary/aromatic N) is 5. The van der Waals surface area contributed by atoms with Gasteiger partial charge in [0.1, 0.15) is 11.6 Å². The van der Waals surface area contributed by atoms with Gasteiger partial charge < -0.3 is 14.4 Å². The quantitative estimate of drug-likeness (QED) is 0.514. The molecule has 2 aromatic heterocycles. The Morgan fingerprint density at radius 2 is 1.97 bits per heavy atom. The summed E-state index contributed by atoms with van der Waals surface area (Å²) >= 11 is 3.51. The number of carbonyl (C=O) groups excluding carboxylic acids is 1. The van der Waals surface area contributed by atoms with Crippen LogP contribution in [0.2, 0.25) is 0 Å². The number of anilines is 2. The second-order valence-electron chi connectivity index (χ2n) is 8.39. The van der Waals surface area contributed by atoms with Crippen LogP contribution in [0.4, 0.5) is 16.2 Å². The number of carbonyl (C=O) groups is 1. The van der Waals surface area contributed by atoms with Gasteiger partial charge in [0, 0.05) is 55.1 Å². The lowest BCUT2D eigenvalue weighted by atomic mass is 10.2. The summed E-state index contributed by atoms with van der Waals surface area (Å²) in [5.74, 6) is 0.587. The summed E-state index contributed by atoms with van der Waals surface area (Å²) in [6.07, 6.45) is 1.42. The molecule has 0 radical (unpaired) electrons. The smallest absolute Gasteiger partial charge is 0.414 e. The summed E-state index contributed by atoms with van der Waals surface area (Å²) in [7, 11) is 1.62. The Hall–Kier alpha value is -2.91. The van der Waals surface area contributed by atoms with Gasteiger partial charge >= 0.3 is 6.09 Å². The highest BCUT2D eigenvalue weighted by Crippen LogP contribution is 2.28. The number of cyclic esters (lactones) is 1. The Morgan fingerprint density at radius 1 is 1.15 bits per heavy atom. The molecule has 33 heavy (non-hydrogen) atoms. The van der Waals surface area contributed by atoms with Crippen molar-refractivity contribution in [3.05, 3.63) is 52.6 Å². The third kappa shape index (κ3) is 4.47. The largest absolute Gasteiger partial charge is 0.481 e. The molecule has 0 bridgehead atoms. The van der Waals surface area contributed by atoms with E-state index in [-0.39, 0.29) is 12.2 Å². The fourth-order valence-corrected chi connectivity index (χ4v) is 4.69. The summed E-state index contributed by atoms with van der Waals surface area (Å²) in [4.78, 5) is 28.0. The van der Waals surface area contributed by atoms with Crippen molar-refractivity contribution < 1.29 is 14.3 Å². The highest BCUT2D eigenvalue weighted by molar-refractivity contribution is 9.10. The first-order valence-electron chi connectivity index (χ1n) is 11.0. The van der Waals surface area contributed by atoms with Gasteiger partial charge in [0.05, 0.1) is 24.9 Å². The molecular weight excluding hydrogens is 486 g/mol. The van der Waals surface area contributed by atoms with E-state index >= 15 is 0 Å². The first-order chi connectivity index (χ1) is 16.0. The minimum Gasteiger partial charge on any atom is -0.481 e. The van der Waals surface area contributed by atoms with E-state index < -0.39 is 0 Å². The zero-order valence-electron chi connectivity index (χ0n) is 18.7. The van der Waals surface area contributed by atoms with Crippen LogP contribution in [0.25, 0.3) is 11.0 Å². The Morgan fingerprint density at radius 3 is 2.73 bits per heavy atom. The minimum absolute atomic E-state index is 0.138. The van der Waals surface area contributed by atoms with Gasteiger partial charge in [-0.1, -0.05) is 15.9 Å². The molecule has 4 heterocycles. The average Bonchev–Trinajstić information content (AvgIpc) is 3.20. The fourth-order valence-electron chi connectivity index (χ4n) is 4.45. The monoisotopic (exact) mass is 511 g/mol. The number of fused-ring (bicyclic) bond motifs is 1. The molecule has 2 fully saturated rings. The van der Waals surface area contributed by atoms with E-state index in [1.54, 1.807) is 12.0 Å². The van der Waals surface area contributed by atoms with Crippen molar-refractivity contribution in [2.75, 3.05) is 56.2 Å². The van der Waals surface area contributed by atoms with Crippen molar-refractivity contribution >= 4 is 44.4 Å². The van der Waals surface area contributed by atoms with Gasteiger partial charge in [0.2, 0.25) is 5.88 Å². The van der Waals surface area contributed by atoms with Crippen molar-refractivity contribution in [2.45, 2.75) is 13.0 Å². The van der Waals surface area contributed by atoms with Crippen molar-refractivity contribution in [1.29, 1.82) is 0 Å². The number of aryl methyl sites for hydroxylation is 1. The molecule has 8 nitrogen and oxygen atoms in total. The highest BCUT2D eigenvalue weighted by atomic mass is 79.9. The number of amides is 1. The summed E-state index contributed by atoms with van der Waals surface area (Å²) < 4.78 is 12.0. The normalized spacial score (nSPS) is 19.2. The number of hydrogen-bond donors (Lipinski definition) is 0. The molecule has 2 aliphatic heterocycles. The lowest BCUT2D eigenvalue weighted by molar-refractivity contribution is 0.106. The van der Waals surface area contributed by atoms with Crippen LogP contribution >= 0.6 is 15.9 Å². The number of halogens is 1. The predicted octanol–water partition coefficient (Wildman–Crippen LogP) is 3.86. The first kappa shape index (κ1) is 21.9. The zero-order valence-corrected chi connectivity index (χ0v) is 20.3. The zero-order chi connectivity index (χ0) is 22.9. The molecule has 0 spiro atoms. The summed E-state index contributed by atoms with van der Waals surface area (Å²) in [6.45, 7) is 6.83. The van der Waals surface area contributed by atoms with Crippen LogP contribution in [0, 0.1) is 6.92 Å². The molecular formula is C24H26BrN5O3. The second-order valence-corrected chi connectivity index (χ2v) is 9.24. The molecule has 3 aromatic rings. The molecule has 0 aliphatic carbocycles. The van der Waals surface area contributed by atoms with E-state index in [0.717, 1.165) is 65.2 Å². The van der Waals surface area contributed by atoms with Crippen molar-refractivity contribution in [3.63, 3.8) is 0 Å². The SMILES string of the molecule is COc1ccc2nccc(N3CCN(CC4CN(c5ccc(Br)c(C)c5)C(=O)O4)CC3)c2n1. The topological polar surface area (TPSA) is 71.0 Å². The molecule has 2 aliphatic rings. The number of pyridine rings is 2. The van der Waals surface area contributed by atoms with Crippen molar-refractivity contribution in [2.24, 2.45) is 0 Å². The minimum atomic E-state index is -0.274. The first-order valence-corrected chi connectivity index (χ1v) is 11.8. The number of hydrogen-bond acceptors (Lipinski definition) is 7. The maximum Gasteiger partial charge on any atom is 0.414 e. The predicted molar refractivity (Wildman–Crippen MR) is 131 cm³/mol. The molecule has 1 aromatic carbocycles. The molecule has 0 N–H and O–H groups in total. The van der Waals surface area contributed by atoms with Gasteiger partial charge in [-0.2, -0.15) is 0 Å². The van der Waals surface area contributed by atoms with Crippen LogP contribution in [-0.2, 0) is 4.74 Å². The van der Waals surface area contributed by atoms with Gasteiger partial charge in [-0.05, 0) is 42.8 Å². The third-order valence-corrected chi connectivity index (χ3v) is 7.14. The lowest BCUT2D eigenvalue weighted by Crippen LogP contribution is -2.49. The van der Waals surface area contributed by atoms with E-state index in [4.69, 9.17) is 9.47 Å². The summed E-state index contributed by atoms with van der Waals surface area (Å²) in [5.41, 5.74) is 4.76. The molecule has 5 rings (SSSR count). The molecule has 2 saturated heterocycles. The highest BCUT2D eigenvalue weighted by Gasteiger charge is 2.34. The van der Waals surface area contributed by atoms with Gasteiger partial charge in [-0.3, -0.25) is 14.8 Å². The lowest BCUT2D eigenvalue weighted by Gasteiger charge is -2.36. The van der Waals surface area contributed by atoms with Gasteiger partial charge in [-0.15, -0.1) is 0 Å². The van der Waals surface area contributed by atoms with Crippen LogP contribution in [-0.4, -0.2) is 73.4 Å². The Bertz CT molecular complexity index is 1180. The van der Waals surface area contributed by atoms with Crippen molar-refractivity contribution in [3.8, 4) is 5.88 Å². The number of methoxy groups -OCH3 is 1. The van der Waals surface area contributed by atoms with Gasteiger partial charge in [0.15, 0.2) is 0 Å². The molecule has 0 saturated carbocycles. The summed E-state index contributed by atoms with van der Waals surface area (Å²) in [6, 6.07) is 11.7. The van der Waals surface area contributed by atoms with E-state index in [1.807, 2.05) is 49.5 Å². The van der Waals surface area contributed by atoms with Crippen LogP contribution < -0.4 is 14.5 Å². The second kappa shape index (κ2) is 9.15. The molecule has 172 valence electrons. The fraction of sp³-hybridized carbons (Fsp3) is 0.375.